The maximum Gasteiger partial charge on any atom is 0.410 e. The Hall–Kier alpha value is -2.71. The van der Waals surface area contributed by atoms with Crippen molar-refractivity contribution in [2.24, 2.45) is 0 Å². The number of nitrogens with zero attached hydrogens (tertiary/aromatic N) is 2. The molecule has 1 aromatic rings. The minimum absolute atomic E-state index is 0.0919. The number of benzene rings is 1. The SMILES string of the molecule is CCOC(=O)N1C[C@@H](c2cc(F)cc(F)c2)N(CC(=O)O)C(=O)C12CCCC2. The highest BCUT2D eigenvalue weighted by Crippen LogP contribution is 2.44. The molecule has 1 spiro atoms. The summed E-state index contributed by atoms with van der Waals surface area (Å²) in [6.45, 7) is 1.03. The lowest BCUT2D eigenvalue weighted by Crippen LogP contribution is -2.67. The summed E-state index contributed by atoms with van der Waals surface area (Å²) in [5.41, 5.74) is -1.08. The highest BCUT2D eigenvalue weighted by atomic mass is 19.1. The average Bonchev–Trinajstić information content (AvgIpc) is 3.09. The van der Waals surface area contributed by atoms with Gasteiger partial charge < -0.3 is 14.7 Å². The zero-order valence-corrected chi connectivity index (χ0v) is 15.5. The van der Waals surface area contributed by atoms with E-state index in [1.165, 1.54) is 4.90 Å². The van der Waals surface area contributed by atoms with Gasteiger partial charge in [-0.2, -0.15) is 0 Å². The summed E-state index contributed by atoms with van der Waals surface area (Å²) in [5, 5.41) is 9.30. The summed E-state index contributed by atoms with van der Waals surface area (Å²) in [6, 6.07) is 1.79. The number of piperazine rings is 1. The molecule has 1 aromatic carbocycles. The van der Waals surface area contributed by atoms with Gasteiger partial charge in [-0.3, -0.25) is 14.5 Å². The van der Waals surface area contributed by atoms with E-state index < -0.39 is 47.7 Å². The molecule has 3 rings (SSSR count). The van der Waals surface area contributed by atoms with E-state index in [9.17, 15) is 28.3 Å². The molecule has 2 fully saturated rings. The number of rotatable bonds is 4. The smallest absolute Gasteiger partial charge is 0.410 e. The molecule has 28 heavy (non-hydrogen) atoms. The maximum atomic E-state index is 13.8. The first-order valence-corrected chi connectivity index (χ1v) is 9.21. The van der Waals surface area contributed by atoms with Crippen molar-refractivity contribution in [2.45, 2.75) is 44.2 Å². The van der Waals surface area contributed by atoms with Crippen LogP contribution in [0.2, 0.25) is 0 Å². The quantitative estimate of drug-likeness (QED) is 0.846. The van der Waals surface area contributed by atoms with Crippen molar-refractivity contribution in [3.63, 3.8) is 0 Å². The van der Waals surface area contributed by atoms with Crippen LogP contribution in [0, 0.1) is 11.6 Å². The number of hydrogen-bond donors (Lipinski definition) is 1. The van der Waals surface area contributed by atoms with Crippen LogP contribution in [0.3, 0.4) is 0 Å². The molecule has 1 saturated heterocycles. The zero-order chi connectivity index (χ0) is 20.5. The monoisotopic (exact) mass is 396 g/mol. The molecule has 1 aliphatic carbocycles. The zero-order valence-electron chi connectivity index (χ0n) is 15.5. The molecule has 0 unspecified atom stereocenters. The molecule has 0 bridgehead atoms. The largest absolute Gasteiger partial charge is 0.480 e. The van der Waals surface area contributed by atoms with Gasteiger partial charge in [-0.15, -0.1) is 0 Å². The van der Waals surface area contributed by atoms with E-state index in [-0.39, 0.29) is 18.7 Å². The lowest BCUT2D eigenvalue weighted by Gasteiger charge is -2.50. The van der Waals surface area contributed by atoms with Crippen LogP contribution >= 0.6 is 0 Å². The first-order chi connectivity index (χ1) is 13.3. The first-order valence-electron chi connectivity index (χ1n) is 9.21. The van der Waals surface area contributed by atoms with Gasteiger partial charge in [-0.1, -0.05) is 12.8 Å². The molecule has 1 atom stereocenters. The Bertz CT molecular complexity index is 774. The summed E-state index contributed by atoms with van der Waals surface area (Å²) in [4.78, 5) is 39.8. The molecule has 1 heterocycles. The van der Waals surface area contributed by atoms with E-state index in [2.05, 4.69) is 0 Å². The van der Waals surface area contributed by atoms with Crippen LogP contribution < -0.4 is 0 Å². The number of amides is 2. The summed E-state index contributed by atoms with van der Waals surface area (Å²) in [7, 11) is 0. The van der Waals surface area contributed by atoms with Crippen molar-refractivity contribution < 1.29 is 33.0 Å². The van der Waals surface area contributed by atoms with Gasteiger partial charge in [0.15, 0.2) is 0 Å². The van der Waals surface area contributed by atoms with E-state index in [4.69, 9.17) is 4.74 Å². The Morgan fingerprint density at radius 1 is 1.21 bits per heavy atom. The number of hydrogen-bond acceptors (Lipinski definition) is 4. The number of ether oxygens (including phenoxy) is 1. The maximum absolute atomic E-state index is 13.8. The molecular formula is C19H22F2N2O5. The van der Waals surface area contributed by atoms with Gasteiger partial charge >= 0.3 is 12.1 Å². The van der Waals surface area contributed by atoms with Crippen molar-refractivity contribution in [1.82, 2.24) is 9.80 Å². The Kier molecular flexibility index (Phi) is 5.53. The highest BCUT2D eigenvalue weighted by molar-refractivity contribution is 5.93. The number of aliphatic carboxylic acids is 1. The second-order valence-corrected chi connectivity index (χ2v) is 7.09. The lowest BCUT2D eigenvalue weighted by molar-refractivity contribution is -0.160. The predicted molar refractivity (Wildman–Crippen MR) is 93.4 cm³/mol. The minimum Gasteiger partial charge on any atom is -0.480 e. The van der Waals surface area contributed by atoms with Crippen molar-refractivity contribution in [3.8, 4) is 0 Å². The van der Waals surface area contributed by atoms with Gasteiger partial charge in [-0.25, -0.2) is 13.6 Å². The molecule has 0 radical (unpaired) electrons. The van der Waals surface area contributed by atoms with Crippen LogP contribution in [0.15, 0.2) is 18.2 Å². The third-order valence-corrected chi connectivity index (χ3v) is 5.40. The van der Waals surface area contributed by atoms with Crippen molar-refractivity contribution >= 4 is 18.0 Å². The second kappa shape index (κ2) is 7.73. The van der Waals surface area contributed by atoms with Gasteiger partial charge in [0.05, 0.1) is 12.6 Å². The molecule has 0 aromatic heterocycles. The van der Waals surface area contributed by atoms with Gasteiger partial charge in [0, 0.05) is 12.6 Å². The average molecular weight is 396 g/mol. The standard InChI is InChI=1S/C19H22F2N2O5/c1-2-28-18(27)23-10-15(12-7-13(20)9-14(21)8-12)22(11-16(24)25)17(26)19(23)5-3-4-6-19/h7-9,15H,2-6,10-11H2,1H3,(H,24,25)/t15-/m0/s1. The van der Waals surface area contributed by atoms with E-state index in [1.54, 1.807) is 6.92 Å². The Balaban J connectivity index is 2.07. The van der Waals surface area contributed by atoms with Gasteiger partial charge in [0.25, 0.3) is 0 Å². The Morgan fingerprint density at radius 3 is 2.36 bits per heavy atom. The fourth-order valence-corrected chi connectivity index (χ4v) is 4.25. The topological polar surface area (TPSA) is 87.2 Å². The third kappa shape index (κ3) is 3.53. The van der Waals surface area contributed by atoms with E-state index in [1.807, 2.05) is 0 Å². The van der Waals surface area contributed by atoms with Crippen LogP contribution in [0.25, 0.3) is 0 Å². The molecule has 152 valence electrons. The molecule has 1 saturated carbocycles. The van der Waals surface area contributed by atoms with Crippen LogP contribution in [-0.4, -0.2) is 58.1 Å². The summed E-state index contributed by atoms with van der Waals surface area (Å²) in [6.07, 6.45) is 1.52. The van der Waals surface area contributed by atoms with E-state index >= 15 is 0 Å². The Morgan fingerprint density at radius 2 is 1.82 bits per heavy atom. The first kappa shape index (κ1) is 20.0. The summed E-state index contributed by atoms with van der Waals surface area (Å²) >= 11 is 0. The number of carbonyl (C=O) groups excluding carboxylic acids is 2. The molecule has 2 amide bonds. The van der Waals surface area contributed by atoms with Crippen molar-refractivity contribution in [1.29, 1.82) is 0 Å². The Labute approximate surface area is 160 Å². The van der Waals surface area contributed by atoms with Crippen LogP contribution in [-0.2, 0) is 14.3 Å². The van der Waals surface area contributed by atoms with E-state index in [0.717, 1.165) is 17.0 Å². The van der Waals surface area contributed by atoms with Crippen LogP contribution in [0.4, 0.5) is 13.6 Å². The summed E-state index contributed by atoms with van der Waals surface area (Å²) in [5.74, 6) is -3.46. The molecule has 9 heteroatoms. The molecule has 1 aliphatic heterocycles. The molecule has 1 N–H and O–H groups in total. The van der Waals surface area contributed by atoms with E-state index in [0.29, 0.717) is 31.7 Å². The minimum atomic E-state index is -1.24. The lowest BCUT2D eigenvalue weighted by atomic mass is 9.87. The predicted octanol–water partition coefficient (Wildman–Crippen LogP) is 2.70. The van der Waals surface area contributed by atoms with Gasteiger partial charge in [0.1, 0.15) is 23.7 Å². The fraction of sp³-hybridized carbons (Fsp3) is 0.526. The number of carbonyl (C=O) groups is 3. The molecule has 2 aliphatic rings. The number of halogens is 2. The summed E-state index contributed by atoms with van der Waals surface area (Å²) < 4.78 is 32.7. The number of carboxylic acid groups (broad SMARTS) is 1. The van der Waals surface area contributed by atoms with Crippen molar-refractivity contribution in [2.75, 3.05) is 19.7 Å². The van der Waals surface area contributed by atoms with Gasteiger partial charge in [-0.05, 0) is 37.5 Å². The third-order valence-electron chi connectivity index (χ3n) is 5.40. The van der Waals surface area contributed by atoms with Crippen LogP contribution in [0.5, 0.6) is 0 Å². The second-order valence-electron chi connectivity index (χ2n) is 7.09. The van der Waals surface area contributed by atoms with Gasteiger partial charge in [0.2, 0.25) is 5.91 Å². The van der Waals surface area contributed by atoms with Crippen molar-refractivity contribution in [3.05, 3.63) is 35.4 Å². The highest BCUT2D eigenvalue weighted by Gasteiger charge is 2.56. The van der Waals surface area contributed by atoms with Crippen LogP contribution in [0.1, 0.15) is 44.2 Å². The fourth-order valence-electron chi connectivity index (χ4n) is 4.25. The molecule has 7 nitrogen and oxygen atoms in total. The molecular weight excluding hydrogens is 374 g/mol. The normalized spacial score (nSPS) is 21.2. The number of carboxylic acids is 1.